The van der Waals surface area contributed by atoms with E-state index in [1.165, 1.54) is 16.5 Å². The van der Waals surface area contributed by atoms with E-state index in [0.717, 1.165) is 31.4 Å². The number of hydrogen-bond donors (Lipinski definition) is 3. The minimum Gasteiger partial charge on any atom is -0.361 e. The number of likely N-dealkylation sites (N-methyl/N-ethyl adjacent to an activating group) is 1. The summed E-state index contributed by atoms with van der Waals surface area (Å²) in [6, 6.07) is 18.6. The van der Waals surface area contributed by atoms with Crippen LogP contribution in [0.4, 0.5) is 0 Å². The van der Waals surface area contributed by atoms with Crippen LogP contribution in [0.5, 0.6) is 0 Å². The molecule has 0 atom stereocenters. The van der Waals surface area contributed by atoms with Gasteiger partial charge in [0.05, 0.1) is 0 Å². The van der Waals surface area contributed by atoms with Gasteiger partial charge < -0.3 is 20.5 Å². The molecular weight excluding hydrogens is 489 g/mol. The van der Waals surface area contributed by atoms with Crippen molar-refractivity contribution in [1.29, 1.82) is 0 Å². The highest BCUT2D eigenvalue weighted by Crippen LogP contribution is 2.17. The molecule has 0 aliphatic carbocycles. The first-order valence-corrected chi connectivity index (χ1v) is 9.95. The predicted molar refractivity (Wildman–Crippen MR) is 135 cm³/mol. The van der Waals surface area contributed by atoms with Crippen LogP contribution >= 0.6 is 24.0 Å². The molecule has 2 aromatic carbocycles. The molecule has 6 nitrogen and oxygen atoms in total. The quantitative estimate of drug-likeness (QED) is 0.243. The average Bonchev–Trinajstić information content (AvgIpc) is 3.15. The van der Waals surface area contributed by atoms with Gasteiger partial charge in [0.15, 0.2) is 5.96 Å². The second kappa shape index (κ2) is 12.2. The zero-order valence-corrected chi connectivity index (χ0v) is 19.9. The van der Waals surface area contributed by atoms with E-state index in [9.17, 15) is 4.79 Å². The Labute approximate surface area is 195 Å². The SMILES string of the molecule is CN(C)C(=O)CN=C(NCCc1ccccc1)NCCc1c[nH]c2ccccc12.I. The van der Waals surface area contributed by atoms with Crippen molar-refractivity contribution in [2.45, 2.75) is 12.8 Å². The van der Waals surface area contributed by atoms with Gasteiger partial charge >= 0.3 is 0 Å². The number of para-hydroxylation sites is 1. The number of carbonyl (C=O) groups is 1. The van der Waals surface area contributed by atoms with Gasteiger partial charge in [-0.15, -0.1) is 24.0 Å². The molecule has 1 heterocycles. The van der Waals surface area contributed by atoms with Crippen LogP contribution in [0, 0.1) is 0 Å². The third-order valence-electron chi connectivity index (χ3n) is 4.78. The van der Waals surface area contributed by atoms with Gasteiger partial charge in [0.25, 0.3) is 0 Å². The molecule has 3 rings (SSSR count). The van der Waals surface area contributed by atoms with Gasteiger partial charge in [-0.2, -0.15) is 0 Å². The number of guanidine groups is 1. The lowest BCUT2D eigenvalue weighted by Gasteiger charge is -2.14. The summed E-state index contributed by atoms with van der Waals surface area (Å²) in [6.07, 6.45) is 3.82. The summed E-state index contributed by atoms with van der Waals surface area (Å²) < 4.78 is 0. The highest BCUT2D eigenvalue weighted by atomic mass is 127. The molecule has 0 saturated carbocycles. The van der Waals surface area contributed by atoms with Gasteiger partial charge in [-0.1, -0.05) is 48.5 Å². The number of halogens is 1. The van der Waals surface area contributed by atoms with E-state index in [1.54, 1.807) is 19.0 Å². The zero-order chi connectivity index (χ0) is 20.5. The Morgan fingerprint density at radius 3 is 2.37 bits per heavy atom. The summed E-state index contributed by atoms with van der Waals surface area (Å²) in [6.45, 7) is 1.61. The van der Waals surface area contributed by atoms with Gasteiger partial charge in [0, 0.05) is 44.3 Å². The fourth-order valence-corrected chi connectivity index (χ4v) is 3.09. The molecule has 0 saturated heterocycles. The number of rotatable bonds is 8. The van der Waals surface area contributed by atoms with E-state index in [0.29, 0.717) is 5.96 Å². The maximum Gasteiger partial charge on any atom is 0.243 e. The number of carbonyl (C=O) groups excluding carboxylic acids is 1. The first kappa shape index (κ1) is 23.7. The van der Waals surface area contributed by atoms with E-state index in [1.807, 2.05) is 24.3 Å². The molecule has 0 aliphatic rings. The van der Waals surface area contributed by atoms with Gasteiger partial charge in [0.1, 0.15) is 6.54 Å². The standard InChI is InChI=1S/C23H29N5O.HI/c1-28(2)22(29)17-27-23(24-14-12-18-8-4-3-5-9-18)25-15-13-19-16-26-21-11-7-6-10-20(19)21;/h3-11,16,26H,12-15,17H2,1-2H3,(H2,24,25,27);1H. The summed E-state index contributed by atoms with van der Waals surface area (Å²) >= 11 is 0. The summed E-state index contributed by atoms with van der Waals surface area (Å²) in [5.74, 6) is 0.641. The molecule has 7 heteroatoms. The molecule has 0 spiro atoms. The highest BCUT2D eigenvalue weighted by molar-refractivity contribution is 14.0. The number of hydrogen-bond acceptors (Lipinski definition) is 2. The van der Waals surface area contributed by atoms with Crippen molar-refractivity contribution in [2.24, 2.45) is 4.99 Å². The minimum absolute atomic E-state index is 0. The first-order chi connectivity index (χ1) is 14.1. The Morgan fingerprint density at radius 1 is 0.967 bits per heavy atom. The van der Waals surface area contributed by atoms with Crippen LogP contribution in [0.3, 0.4) is 0 Å². The number of aliphatic imine (C=N–C) groups is 1. The Morgan fingerprint density at radius 2 is 1.63 bits per heavy atom. The van der Waals surface area contributed by atoms with Crippen molar-refractivity contribution < 1.29 is 4.79 Å². The van der Waals surface area contributed by atoms with E-state index < -0.39 is 0 Å². The maximum atomic E-state index is 11.9. The van der Waals surface area contributed by atoms with Crippen molar-refractivity contribution in [3.8, 4) is 0 Å². The third-order valence-corrected chi connectivity index (χ3v) is 4.78. The molecule has 30 heavy (non-hydrogen) atoms. The van der Waals surface area contributed by atoms with Gasteiger partial charge in [-0.3, -0.25) is 4.79 Å². The summed E-state index contributed by atoms with van der Waals surface area (Å²) in [5, 5.41) is 7.94. The number of aromatic amines is 1. The molecule has 160 valence electrons. The summed E-state index contributed by atoms with van der Waals surface area (Å²) in [4.78, 5) is 21.2. The molecule has 1 amide bonds. The fourth-order valence-electron chi connectivity index (χ4n) is 3.09. The van der Waals surface area contributed by atoms with Crippen molar-refractivity contribution >= 4 is 46.7 Å². The van der Waals surface area contributed by atoms with Gasteiger partial charge in [-0.25, -0.2) is 4.99 Å². The van der Waals surface area contributed by atoms with Crippen LogP contribution in [-0.4, -0.2) is 55.5 Å². The van der Waals surface area contributed by atoms with Crippen LogP contribution in [0.1, 0.15) is 11.1 Å². The first-order valence-electron chi connectivity index (χ1n) is 9.95. The number of aromatic nitrogens is 1. The van der Waals surface area contributed by atoms with Crippen molar-refractivity contribution in [1.82, 2.24) is 20.5 Å². The van der Waals surface area contributed by atoms with Crippen LogP contribution in [0.15, 0.2) is 65.8 Å². The van der Waals surface area contributed by atoms with E-state index in [4.69, 9.17) is 0 Å². The third kappa shape index (κ3) is 7.05. The molecule has 0 bridgehead atoms. The van der Waals surface area contributed by atoms with E-state index in [2.05, 4.69) is 57.1 Å². The molecule has 0 unspecified atom stereocenters. The topological polar surface area (TPSA) is 72.5 Å². The number of nitrogens with zero attached hydrogens (tertiary/aromatic N) is 2. The lowest BCUT2D eigenvalue weighted by Crippen LogP contribution is -2.40. The van der Waals surface area contributed by atoms with Crippen molar-refractivity contribution in [3.05, 3.63) is 71.9 Å². The average molecular weight is 519 g/mol. The maximum absolute atomic E-state index is 11.9. The van der Waals surface area contributed by atoms with Crippen molar-refractivity contribution in [3.63, 3.8) is 0 Å². The van der Waals surface area contributed by atoms with Gasteiger partial charge in [-0.05, 0) is 30.0 Å². The highest BCUT2D eigenvalue weighted by Gasteiger charge is 2.06. The molecule has 0 aliphatic heterocycles. The Bertz CT molecular complexity index is 952. The van der Waals surface area contributed by atoms with Crippen molar-refractivity contribution in [2.75, 3.05) is 33.7 Å². The zero-order valence-electron chi connectivity index (χ0n) is 17.5. The van der Waals surface area contributed by atoms with E-state index >= 15 is 0 Å². The van der Waals surface area contributed by atoms with Crippen LogP contribution in [0.2, 0.25) is 0 Å². The van der Waals surface area contributed by atoms with Gasteiger partial charge in [0.2, 0.25) is 5.91 Å². The summed E-state index contributed by atoms with van der Waals surface area (Å²) in [7, 11) is 3.48. The lowest BCUT2D eigenvalue weighted by molar-refractivity contribution is -0.127. The number of benzene rings is 2. The predicted octanol–water partition coefficient (Wildman–Crippen LogP) is 3.19. The molecular formula is C23H30IN5O. The smallest absolute Gasteiger partial charge is 0.243 e. The number of amides is 1. The normalized spacial score (nSPS) is 11.1. The Hall–Kier alpha value is -2.55. The van der Waals surface area contributed by atoms with E-state index in [-0.39, 0.29) is 36.4 Å². The number of H-pyrrole nitrogens is 1. The van der Waals surface area contributed by atoms with Crippen LogP contribution < -0.4 is 10.6 Å². The minimum atomic E-state index is -0.0224. The molecule has 0 fully saturated rings. The molecule has 0 radical (unpaired) electrons. The second-order valence-corrected chi connectivity index (χ2v) is 7.15. The second-order valence-electron chi connectivity index (χ2n) is 7.15. The fraction of sp³-hybridized carbons (Fsp3) is 0.304. The number of fused-ring (bicyclic) bond motifs is 1. The van der Waals surface area contributed by atoms with Crippen LogP contribution in [0.25, 0.3) is 10.9 Å². The Kier molecular flexibility index (Phi) is 9.66. The molecule has 3 N–H and O–H groups in total. The monoisotopic (exact) mass is 519 g/mol. The van der Waals surface area contributed by atoms with Crippen LogP contribution in [-0.2, 0) is 17.6 Å². The molecule has 3 aromatic rings. The number of nitrogens with one attached hydrogen (secondary N) is 3. The lowest BCUT2D eigenvalue weighted by atomic mass is 10.1. The Balaban J connectivity index is 0.00000320. The molecule has 1 aromatic heterocycles. The summed E-state index contributed by atoms with van der Waals surface area (Å²) in [5.41, 5.74) is 3.68. The largest absolute Gasteiger partial charge is 0.361 e.